The zero-order chi connectivity index (χ0) is 13.7. The number of carbonyl (C=O) groups excluding carboxylic acids is 1. The van der Waals surface area contributed by atoms with E-state index in [1.807, 2.05) is 6.07 Å². The molecule has 0 atom stereocenters. The van der Waals surface area contributed by atoms with Crippen molar-refractivity contribution in [3.63, 3.8) is 0 Å². The highest BCUT2D eigenvalue weighted by Crippen LogP contribution is 2.30. The van der Waals surface area contributed by atoms with Crippen LogP contribution in [0.15, 0.2) is 48.5 Å². The third-order valence-corrected chi connectivity index (χ3v) is 2.43. The van der Waals surface area contributed by atoms with Gasteiger partial charge in [0.1, 0.15) is 12.4 Å². The highest BCUT2D eigenvalue weighted by molar-refractivity contribution is 5.65. The topological polar surface area (TPSA) is 55.8 Å². The molecule has 2 aromatic rings. The van der Waals surface area contributed by atoms with Crippen LogP contribution in [0.5, 0.6) is 17.2 Å². The molecule has 0 aliphatic carbocycles. The van der Waals surface area contributed by atoms with Gasteiger partial charge in [-0.25, -0.2) is 0 Å². The molecular formula is C15H14O4. The van der Waals surface area contributed by atoms with Gasteiger partial charge in [-0.3, -0.25) is 4.79 Å². The molecule has 0 spiro atoms. The fourth-order valence-electron chi connectivity index (χ4n) is 1.55. The second kappa shape index (κ2) is 5.91. The molecule has 19 heavy (non-hydrogen) atoms. The zero-order valence-corrected chi connectivity index (χ0v) is 10.5. The van der Waals surface area contributed by atoms with Gasteiger partial charge in [-0.2, -0.15) is 0 Å². The van der Waals surface area contributed by atoms with E-state index in [-0.39, 0.29) is 18.3 Å². The summed E-state index contributed by atoms with van der Waals surface area (Å²) in [5, 5.41) is 9.62. The van der Waals surface area contributed by atoms with Crippen molar-refractivity contribution in [3.05, 3.63) is 54.1 Å². The molecule has 4 nitrogen and oxygen atoms in total. The minimum Gasteiger partial charge on any atom is -0.504 e. The molecule has 0 saturated heterocycles. The molecule has 0 heterocycles. The van der Waals surface area contributed by atoms with Gasteiger partial charge < -0.3 is 14.6 Å². The van der Waals surface area contributed by atoms with E-state index < -0.39 is 0 Å². The number of rotatable bonds is 4. The van der Waals surface area contributed by atoms with Crippen LogP contribution >= 0.6 is 0 Å². The number of carbonyl (C=O) groups is 1. The largest absolute Gasteiger partial charge is 0.504 e. The molecule has 0 bridgehead atoms. The van der Waals surface area contributed by atoms with E-state index in [1.165, 1.54) is 6.92 Å². The van der Waals surface area contributed by atoms with Gasteiger partial charge in [0.25, 0.3) is 0 Å². The highest BCUT2D eigenvalue weighted by Gasteiger charge is 2.04. The fraction of sp³-hybridized carbons (Fsp3) is 0.133. The van der Waals surface area contributed by atoms with Crippen molar-refractivity contribution in [2.75, 3.05) is 0 Å². The van der Waals surface area contributed by atoms with E-state index in [4.69, 9.17) is 9.47 Å². The van der Waals surface area contributed by atoms with Crippen molar-refractivity contribution in [3.8, 4) is 17.2 Å². The molecule has 0 unspecified atom stereocenters. The van der Waals surface area contributed by atoms with Crippen LogP contribution in [0.4, 0.5) is 0 Å². The van der Waals surface area contributed by atoms with Crippen molar-refractivity contribution in [2.24, 2.45) is 0 Å². The van der Waals surface area contributed by atoms with Gasteiger partial charge in [0.05, 0.1) is 0 Å². The predicted octanol–water partition coefficient (Wildman–Crippen LogP) is 3.25. The molecular weight excluding hydrogens is 244 g/mol. The summed E-state index contributed by atoms with van der Waals surface area (Å²) in [5.74, 6) is 0.707. The SMILES string of the molecule is CC(=O)OCc1cccc(Oc2ccccc2O)c1. The predicted molar refractivity (Wildman–Crippen MR) is 70.1 cm³/mol. The van der Waals surface area contributed by atoms with Crippen LogP contribution in [-0.4, -0.2) is 11.1 Å². The Morgan fingerprint density at radius 1 is 1.16 bits per heavy atom. The molecule has 0 aliphatic heterocycles. The minimum atomic E-state index is -0.327. The first-order chi connectivity index (χ1) is 9.15. The first-order valence-electron chi connectivity index (χ1n) is 5.83. The number of ether oxygens (including phenoxy) is 2. The Balaban J connectivity index is 2.11. The maximum Gasteiger partial charge on any atom is 0.302 e. The molecule has 1 N–H and O–H groups in total. The molecule has 0 aliphatic rings. The number of aromatic hydroxyl groups is 1. The second-order valence-corrected chi connectivity index (χ2v) is 4.00. The summed E-state index contributed by atoms with van der Waals surface area (Å²) in [6.45, 7) is 1.57. The van der Waals surface area contributed by atoms with Crippen LogP contribution in [0.1, 0.15) is 12.5 Å². The molecule has 98 valence electrons. The van der Waals surface area contributed by atoms with Crippen LogP contribution in [-0.2, 0) is 16.1 Å². The minimum absolute atomic E-state index is 0.0767. The summed E-state index contributed by atoms with van der Waals surface area (Å²) < 4.78 is 10.5. The van der Waals surface area contributed by atoms with Crippen molar-refractivity contribution in [1.29, 1.82) is 0 Å². The average molecular weight is 258 g/mol. The Morgan fingerprint density at radius 3 is 2.68 bits per heavy atom. The summed E-state index contributed by atoms with van der Waals surface area (Å²) in [5.41, 5.74) is 0.822. The smallest absolute Gasteiger partial charge is 0.302 e. The van der Waals surface area contributed by atoms with Gasteiger partial charge in [-0.05, 0) is 29.8 Å². The van der Waals surface area contributed by atoms with Gasteiger partial charge in [0, 0.05) is 6.92 Å². The fourth-order valence-corrected chi connectivity index (χ4v) is 1.55. The monoisotopic (exact) mass is 258 g/mol. The third-order valence-electron chi connectivity index (χ3n) is 2.43. The van der Waals surface area contributed by atoms with Gasteiger partial charge in [-0.1, -0.05) is 24.3 Å². The van der Waals surface area contributed by atoms with Crippen LogP contribution in [0.3, 0.4) is 0 Å². The van der Waals surface area contributed by atoms with Gasteiger partial charge in [0.15, 0.2) is 11.5 Å². The van der Waals surface area contributed by atoms with E-state index in [9.17, 15) is 9.90 Å². The van der Waals surface area contributed by atoms with Gasteiger partial charge in [-0.15, -0.1) is 0 Å². The van der Waals surface area contributed by atoms with E-state index in [1.54, 1.807) is 42.5 Å². The molecule has 0 aromatic heterocycles. The van der Waals surface area contributed by atoms with Crippen molar-refractivity contribution < 1.29 is 19.4 Å². The Hall–Kier alpha value is -2.49. The lowest BCUT2D eigenvalue weighted by molar-refractivity contribution is -0.142. The summed E-state index contributed by atoms with van der Waals surface area (Å²) in [6.07, 6.45) is 0. The standard InChI is InChI=1S/C15H14O4/c1-11(16)18-10-12-5-4-6-13(9-12)19-15-8-3-2-7-14(15)17/h2-9,17H,10H2,1H3. The van der Waals surface area contributed by atoms with E-state index in [0.29, 0.717) is 11.5 Å². The number of esters is 1. The maximum atomic E-state index is 10.8. The van der Waals surface area contributed by atoms with Crippen molar-refractivity contribution in [2.45, 2.75) is 13.5 Å². The molecule has 2 aromatic carbocycles. The lowest BCUT2D eigenvalue weighted by Gasteiger charge is -2.09. The lowest BCUT2D eigenvalue weighted by Crippen LogP contribution is -1.98. The normalized spacial score (nSPS) is 9.95. The van der Waals surface area contributed by atoms with Crippen molar-refractivity contribution >= 4 is 5.97 Å². The number of hydrogen-bond donors (Lipinski definition) is 1. The average Bonchev–Trinajstić information content (AvgIpc) is 2.40. The van der Waals surface area contributed by atoms with Gasteiger partial charge in [0.2, 0.25) is 0 Å². The number of hydrogen-bond acceptors (Lipinski definition) is 4. The first-order valence-corrected chi connectivity index (χ1v) is 5.83. The van der Waals surface area contributed by atoms with Crippen LogP contribution in [0.25, 0.3) is 0 Å². The molecule has 0 fully saturated rings. The summed E-state index contributed by atoms with van der Waals surface area (Å²) in [7, 11) is 0. The third kappa shape index (κ3) is 3.74. The Labute approximate surface area is 111 Å². The number of phenols is 1. The second-order valence-electron chi connectivity index (χ2n) is 4.00. The lowest BCUT2D eigenvalue weighted by atomic mass is 10.2. The Morgan fingerprint density at radius 2 is 1.95 bits per heavy atom. The summed E-state index contributed by atoms with van der Waals surface area (Å²) in [6, 6.07) is 13.9. The summed E-state index contributed by atoms with van der Waals surface area (Å²) in [4.78, 5) is 10.8. The van der Waals surface area contributed by atoms with E-state index >= 15 is 0 Å². The van der Waals surface area contributed by atoms with Crippen molar-refractivity contribution in [1.82, 2.24) is 0 Å². The number of phenolic OH excluding ortho intramolecular Hbond substituents is 1. The zero-order valence-electron chi connectivity index (χ0n) is 10.5. The Kier molecular flexibility index (Phi) is 4.03. The van der Waals surface area contributed by atoms with Crippen LogP contribution < -0.4 is 4.74 Å². The van der Waals surface area contributed by atoms with E-state index in [2.05, 4.69) is 0 Å². The Bertz CT molecular complexity index is 578. The van der Waals surface area contributed by atoms with Crippen LogP contribution in [0, 0.1) is 0 Å². The molecule has 2 rings (SSSR count). The summed E-state index contributed by atoms with van der Waals surface area (Å²) >= 11 is 0. The quantitative estimate of drug-likeness (QED) is 0.855. The number of para-hydroxylation sites is 2. The molecule has 0 amide bonds. The molecule has 0 radical (unpaired) electrons. The highest BCUT2D eigenvalue weighted by atomic mass is 16.5. The van der Waals surface area contributed by atoms with Gasteiger partial charge >= 0.3 is 5.97 Å². The first kappa shape index (κ1) is 13.0. The van der Waals surface area contributed by atoms with Crippen LogP contribution in [0.2, 0.25) is 0 Å². The maximum absolute atomic E-state index is 10.8. The van der Waals surface area contributed by atoms with E-state index in [0.717, 1.165) is 5.56 Å². The molecule has 4 heteroatoms. The number of benzene rings is 2. The molecule has 0 saturated carbocycles.